The second kappa shape index (κ2) is 14.0. The first-order valence-corrected chi connectivity index (χ1v) is 7.30. The predicted molar refractivity (Wildman–Crippen MR) is 86.3 cm³/mol. The van der Waals surface area contributed by atoms with Gasteiger partial charge in [-0.2, -0.15) is 0 Å². The summed E-state index contributed by atoms with van der Waals surface area (Å²) < 4.78 is 21.7. The van der Waals surface area contributed by atoms with Gasteiger partial charge in [-0.25, -0.2) is 0 Å². The van der Waals surface area contributed by atoms with Crippen molar-refractivity contribution in [3.05, 3.63) is 37.5 Å². The standard InChI is InChI=1S/C17H30O4/c1-6-8-9-10-11-12-20-13-15(3)17(21-14-18-4)16(7-2)19-5/h6-7,10-11,15-17H,1-2,8-9,12-14H2,3-5H3/b11-10+/t15-,16+,17+/m1/s1. The monoisotopic (exact) mass is 298 g/mol. The molecule has 0 spiro atoms. The second-order valence-corrected chi connectivity index (χ2v) is 4.83. The van der Waals surface area contributed by atoms with Crippen molar-refractivity contribution in [1.29, 1.82) is 0 Å². The maximum absolute atomic E-state index is 5.68. The molecule has 4 heteroatoms. The fourth-order valence-corrected chi connectivity index (χ4v) is 1.91. The lowest BCUT2D eigenvalue weighted by atomic mass is 10.0. The van der Waals surface area contributed by atoms with Crippen LogP contribution in [-0.4, -0.2) is 46.4 Å². The second-order valence-electron chi connectivity index (χ2n) is 4.83. The molecule has 4 nitrogen and oxygen atoms in total. The van der Waals surface area contributed by atoms with Crippen molar-refractivity contribution < 1.29 is 18.9 Å². The summed E-state index contributed by atoms with van der Waals surface area (Å²) in [6, 6.07) is 0. The Morgan fingerprint density at radius 2 is 1.86 bits per heavy atom. The van der Waals surface area contributed by atoms with Crippen LogP contribution in [0.2, 0.25) is 0 Å². The third-order valence-corrected chi connectivity index (χ3v) is 3.07. The van der Waals surface area contributed by atoms with Crippen molar-refractivity contribution in [2.24, 2.45) is 5.92 Å². The fourth-order valence-electron chi connectivity index (χ4n) is 1.91. The third kappa shape index (κ3) is 9.58. The molecule has 0 unspecified atom stereocenters. The molecular weight excluding hydrogens is 268 g/mol. The van der Waals surface area contributed by atoms with Gasteiger partial charge >= 0.3 is 0 Å². The van der Waals surface area contributed by atoms with E-state index in [1.165, 1.54) is 0 Å². The number of allylic oxidation sites excluding steroid dienone is 2. The zero-order chi connectivity index (χ0) is 15.9. The minimum Gasteiger partial charge on any atom is -0.377 e. The maximum atomic E-state index is 5.68. The lowest BCUT2D eigenvalue weighted by molar-refractivity contribution is -0.134. The van der Waals surface area contributed by atoms with Crippen LogP contribution in [0.3, 0.4) is 0 Å². The smallest absolute Gasteiger partial charge is 0.146 e. The Kier molecular flexibility index (Phi) is 13.4. The van der Waals surface area contributed by atoms with Crippen LogP contribution in [0.15, 0.2) is 37.5 Å². The molecule has 0 fully saturated rings. The van der Waals surface area contributed by atoms with Crippen molar-refractivity contribution in [2.75, 3.05) is 34.2 Å². The summed E-state index contributed by atoms with van der Waals surface area (Å²) in [7, 11) is 3.24. The summed E-state index contributed by atoms with van der Waals surface area (Å²) in [6.45, 7) is 10.9. The van der Waals surface area contributed by atoms with Crippen LogP contribution in [0, 0.1) is 5.92 Å². The van der Waals surface area contributed by atoms with Gasteiger partial charge in [0.2, 0.25) is 0 Å². The predicted octanol–water partition coefficient (Wildman–Crippen LogP) is 3.35. The van der Waals surface area contributed by atoms with E-state index in [-0.39, 0.29) is 24.9 Å². The fraction of sp³-hybridized carbons (Fsp3) is 0.647. The summed E-state index contributed by atoms with van der Waals surface area (Å²) in [6.07, 6.45) is 9.46. The van der Waals surface area contributed by atoms with Crippen LogP contribution in [0.5, 0.6) is 0 Å². The molecule has 0 amide bonds. The average molecular weight is 298 g/mol. The van der Waals surface area contributed by atoms with E-state index in [0.717, 1.165) is 12.8 Å². The molecule has 0 saturated carbocycles. The Labute approximate surface area is 129 Å². The van der Waals surface area contributed by atoms with Gasteiger partial charge in [-0.15, -0.1) is 13.2 Å². The number of rotatable bonds is 14. The molecule has 0 aliphatic heterocycles. The molecule has 0 rings (SSSR count). The van der Waals surface area contributed by atoms with Gasteiger partial charge in [0.05, 0.1) is 19.3 Å². The molecule has 122 valence electrons. The van der Waals surface area contributed by atoms with Crippen LogP contribution in [0.4, 0.5) is 0 Å². The zero-order valence-electron chi connectivity index (χ0n) is 13.6. The van der Waals surface area contributed by atoms with Gasteiger partial charge in [-0.05, 0) is 12.8 Å². The number of unbranched alkanes of at least 4 members (excludes halogenated alkanes) is 1. The van der Waals surface area contributed by atoms with E-state index in [4.69, 9.17) is 18.9 Å². The van der Waals surface area contributed by atoms with E-state index in [9.17, 15) is 0 Å². The summed E-state index contributed by atoms with van der Waals surface area (Å²) in [4.78, 5) is 0. The van der Waals surface area contributed by atoms with Crippen molar-refractivity contribution in [3.8, 4) is 0 Å². The van der Waals surface area contributed by atoms with Crippen LogP contribution < -0.4 is 0 Å². The summed E-state index contributed by atoms with van der Waals surface area (Å²) in [5.41, 5.74) is 0. The first-order chi connectivity index (χ1) is 10.2. The van der Waals surface area contributed by atoms with E-state index in [2.05, 4.69) is 26.2 Å². The Morgan fingerprint density at radius 3 is 2.43 bits per heavy atom. The normalized spacial score (nSPS) is 15.8. The largest absolute Gasteiger partial charge is 0.377 e. The van der Waals surface area contributed by atoms with Crippen molar-refractivity contribution >= 4 is 0 Å². The minimum atomic E-state index is -0.179. The molecule has 3 atom stereocenters. The molecule has 0 N–H and O–H groups in total. The number of hydrogen-bond acceptors (Lipinski definition) is 4. The molecule has 0 aromatic rings. The molecular formula is C17H30O4. The number of methoxy groups -OCH3 is 2. The summed E-state index contributed by atoms with van der Waals surface area (Å²) >= 11 is 0. The summed E-state index contributed by atoms with van der Waals surface area (Å²) in [5.74, 6) is 0.171. The Morgan fingerprint density at radius 1 is 1.10 bits per heavy atom. The third-order valence-electron chi connectivity index (χ3n) is 3.07. The molecule has 0 saturated heterocycles. The van der Waals surface area contributed by atoms with Crippen molar-refractivity contribution in [1.82, 2.24) is 0 Å². The van der Waals surface area contributed by atoms with Gasteiger partial charge in [0.25, 0.3) is 0 Å². The Bertz CT molecular complexity index is 289. The van der Waals surface area contributed by atoms with E-state index in [0.29, 0.717) is 13.2 Å². The molecule has 21 heavy (non-hydrogen) atoms. The van der Waals surface area contributed by atoms with Gasteiger partial charge in [-0.3, -0.25) is 0 Å². The number of ether oxygens (including phenoxy) is 4. The SMILES string of the molecule is C=CCC/C=C/COC[C@@H](C)[C@H](OCOC)[C@H](C=C)OC. The van der Waals surface area contributed by atoms with Gasteiger partial charge < -0.3 is 18.9 Å². The highest BCUT2D eigenvalue weighted by molar-refractivity contribution is 4.89. The van der Waals surface area contributed by atoms with Crippen LogP contribution in [-0.2, 0) is 18.9 Å². The Hall–Kier alpha value is -0.940. The van der Waals surface area contributed by atoms with Crippen LogP contribution in [0.1, 0.15) is 19.8 Å². The van der Waals surface area contributed by atoms with Crippen molar-refractivity contribution in [2.45, 2.75) is 32.0 Å². The Balaban J connectivity index is 4.14. The topological polar surface area (TPSA) is 36.9 Å². The quantitative estimate of drug-likeness (QED) is 0.280. The maximum Gasteiger partial charge on any atom is 0.146 e. The first kappa shape index (κ1) is 20.1. The van der Waals surface area contributed by atoms with Gasteiger partial charge in [0, 0.05) is 20.1 Å². The minimum absolute atomic E-state index is 0.141. The van der Waals surface area contributed by atoms with E-state index < -0.39 is 0 Å². The van der Waals surface area contributed by atoms with Crippen molar-refractivity contribution in [3.63, 3.8) is 0 Å². The van der Waals surface area contributed by atoms with E-state index in [1.54, 1.807) is 20.3 Å². The zero-order valence-corrected chi connectivity index (χ0v) is 13.6. The lowest BCUT2D eigenvalue weighted by Crippen LogP contribution is -2.37. The molecule has 0 bridgehead atoms. The van der Waals surface area contributed by atoms with Gasteiger partial charge in [-0.1, -0.05) is 31.2 Å². The van der Waals surface area contributed by atoms with Gasteiger partial charge in [0.1, 0.15) is 12.9 Å². The highest BCUT2D eigenvalue weighted by Gasteiger charge is 2.25. The summed E-state index contributed by atoms with van der Waals surface area (Å²) in [5, 5.41) is 0. The van der Waals surface area contributed by atoms with Crippen LogP contribution in [0.25, 0.3) is 0 Å². The molecule has 0 heterocycles. The molecule has 0 aromatic heterocycles. The molecule has 0 aliphatic carbocycles. The average Bonchev–Trinajstić information content (AvgIpc) is 2.50. The highest BCUT2D eigenvalue weighted by atomic mass is 16.7. The molecule has 0 radical (unpaired) electrons. The number of hydrogen-bond donors (Lipinski definition) is 0. The first-order valence-electron chi connectivity index (χ1n) is 7.30. The van der Waals surface area contributed by atoms with E-state index >= 15 is 0 Å². The molecule has 0 aliphatic rings. The van der Waals surface area contributed by atoms with E-state index in [1.807, 2.05) is 12.2 Å². The van der Waals surface area contributed by atoms with Crippen LogP contribution >= 0.6 is 0 Å². The lowest BCUT2D eigenvalue weighted by Gasteiger charge is -2.28. The molecule has 0 aromatic carbocycles. The van der Waals surface area contributed by atoms with Gasteiger partial charge in [0.15, 0.2) is 0 Å². The highest BCUT2D eigenvalue weighted by Crippen LogP contribution is 2.16.